The van der Waals surface area contributed by atoms with Crippen LogP contribution in [0.1, 0.15) is 38.8 Å². The van der Waals surface area contributed by atoms with E-state index < -0.39 is 0 Å². The molecule has 1 aromatic rings. The normalized spacial score (nSPS) is 14.8. The van der Waals surface area contributed by atoms with E-state index in [2.05, 4.69) is 61.3 Å². The molecule has 0 aliphatic carbocycles. The Hall–Kier alpha value is -0.900. The molecular weight excluding hydrogens is 248 g/mol. The predicted molar refractivity (Wildman–Crippen MR) is 85.8 cm³/mol. The number of hydrogen-bond acceptors (Lipinski definition) is 3. The Balaban J connectivity index is 2.68. The number of rotatable bonds is 9. The Labute approximate surface area is 124 Å². The maximum absolute atomic E-state index is 9.03. The molecule has 2 atom stereocenters. The Kier molecular flexibility index (Phi) is 7.82. The number of benzene rings is 1. The molecule has 0 aliphatic heterocycles. The van der Waals surface area contributed by atoms with Crippen LogP contribution >= 0.6 is 0 Å². The van der Waals surface area contributed by atoms with Gasteiger partial charge in [-0.3, -0.25) is 0 Å². The van der Waals surface area contributed by atoms with Gasteiger partial charge in [-0.15, -0.1) is 0 Å². The molecule has 0 heterocycles. The van der Waals surface area contributed by atoms with Gasteiger partial charge in [0.25, 0.3) is 0 Å². The van der Waals surface area contributed by atoms with Crippen molar-refractivity contribution in [3.8, 4) is 0 Å². The minimum absolute atomic E-state index is 0.270. The van der Waals surface area contributed by atoms with Crippen molar-refractivity contribution in [1.82, 2.24) is 10.2 Å². The monoisotopic (exact) mass is 278 g/mol. The van der Waals surface area contributed by atoms with Gasteiger partial charge in [0.15, 0.2) is 0 Å². The number of nitrogens with one attached hydrogen (secondary N) is 1. The molecule has 0 saturated carbocycles. The summed E-state index contributed by atoms with van der Waals surface area (Å²) in [5, 5.41) is 12.5. The van der Waals surface area contributed by atoms with E-state index in [1.165, 1.54) is 5.56 Å². The van der Waals surface area contributed by atoms with Gasteiger partial charge in [0.05, 0.1) is 0 Å². The van der Waals surface area contributed by atoms with Crippen molar-refractivity contribution >= 4 is 0 Å². The van der Waals surface area contributed by atoms with Gasteiger partial charge in [0.2, 0.25) is 0 Å². The third kappa shape index (κ3) is 5.23. The third-order valence-corrected chi connectivity index (χ3v) is 3.89. The first kappa shape index (κ1) is 17.2. The topological polar surface area (TPSA) is 35.5 Å². The number of nitrogens with zero attached hydrogens (tertiary/aromatic N) is 1. The molecule has 2 unspecified atom stereocenters. The smallest absolute Gasteiger partial charge is 0.0443 e. The predicted octanol–water partition coefficient (Wildman–Crippen LogP) is 2.68. The maximum atomic E-state index is 9.03. The zero-order valence-corrected chi connectivity index (χ0v) is 13.3. The van der Waals surface area contributed by atoms with E-state index in [1.807, 2.05) is 7.05 Å². The van der Waals surface area contributed by atoms with Gasteiger partial charge < -0.3 is 15.3 Å². The lowest BCUT2D eigenvalue weighted by atomic mass is 9.93. The molecule has 0 bridgehead atoms. The summed E-state index contributed by atoms with van der Waals surface area (Å²) in [7, 11) is 2.03. The highest BCUT2D eigenvalue weighted by molar-refractivity contribution is 5.19. The molecule has 0 spiro atoms. The van der Waals surface area contributed by atoms with E-state index in [9.17, 15) is 0 Å². The fourth-order valence-corrected chi connectivity index (χ4v) is 2.75. The van der Waals surface area contributed by atoms with Crippen LogP contribution in [0.4, 0.5) is 0 Å². The van der Waals surface area contributed by atoms with Crippen molar-refractivity contribution in [2.45, 2.75) is 39.3 Å². The van der Waals surface area contributed by atoms with Crippen molar-refractivity contribution < 1.29 is 5.11 Å². The van der Waals surface area contributed by atoms with Gasteiger partial charge >= 0.3 is 0 Å². The highest BCUT2D eigenvalue weighted by Gasteiger charge is 2.21. The van der Waals surface area contributed by atoms with Crippen LogP contribution in [-0.2, 0) is 0 Å². The van der Waals surface area contributed by atoms with Gasteiger partial charge in [-0.05, 0) is 38.8 Å². The van der Waals surface area contributed by atoms with E-state index in [1.54, 1.807) is 0 Å². The van der Waals surface area contributed by atoms with Crippen LogP contribution in [0.5, 0.6) is 0 Å². The summed E-state index contributed by atoms with van der Waals surface area (Å²) < 4.78 is 0. The molecule has 3 heteroatoms. The minimum Gasteiger partial charge on any atom is -0.396 e. The lowest BCUT2D eigenvalue weighted by molar-refractivity contribution is 0.158. The quantitative estimate of drug-likeness (QED) is 0.729. The lowest BCUT2D eigenvalue weighted by Gasteiger charge is -2.33. The van der Waals surface area contributed by atoms with E-state index in [-0.39, 0.29) is 6.61 Å². The second kappa shape index (κ2) is 9.11. The van der Waals surface area contributed by atoms with Gasteiger partial charge in [-0.2, -0.15) is 0 Å². The summed E-state index contributed by atoms with van der Waals surface area (Å²) in [6, 6.07) is 11.5. The van der Waals surface area contributed by atoms with Gasteiger partial charge in [-0.25, -0.2) is 0 Å². The molecule has 3 nitrogen and oxygen atoms in total. The summed E-state index contributed by atoms with van der Waals surface area (Å²) >= 11 is 0. The van der Waals surface area contributed by atoms with Crippen LogP contribution in [0.15, 0.2) is 30.3 Å². The van der Waals surface area contributed by atoms with Crippen molar-refractivity contribution in [2.75, 3.05) is 26.7 Å². The fraction of sp³-hybridized carbons (Fsp3) is 0.647. The standard InChI is InChI=1S/C17H30N2O/c1-14(2)19(11-8-12-20)13-15(3)17(18-4)16-9-6-5-7-10-16/h5-7,9-10,14-15,17-18,20H,8,11-13H2,1-4H3. The van der Waals surface area contributed by atoms with Gasteiger partial charge in [0.1, 0.15) is 0 Å². The van der Waals surface area contributed by atoms with E-state index >= 15 is 0 Å². The summed E-state index contributed by atoms with van der Waals surface area (Å²) in [5.74, 6) is 0.517. The van der Waals surface area contributed by atoms with E-state index in [0.717, 1.165) is 19.5 Å². The highest BCUT2D eigenvalue weighted by atomic mass is 16.3. The van der Waals surface area contributed by atoms with Crippen molar-refractivity contribution in [2.24, 2.45) is 5.92 Å². The molecule has 0 aromatic heterocycles. The average Bonchev–Trinajstić information content (AvgIpc) is 2.45. The molecule has 0 saturated heterocycles. The van der Waals surface area contributed by atoms with Crippen molar-refractivity contribution in [3.63, 3.8) is 0 Å². The molecule has 2 N–H and O–H groups in total. The molecule has 0 radical (unpaired) electrons. The number of aliphatic hydroxyl groups is 1. The molecular formula is C17H30N2O. The second-order valence-corrected chi connectivity index (χ2v) is 5.82. The van der Waals surface area contributed by atoms with Crippen LogP contribution in [0.25, 0.3) is 0 Å². The highest BCUT2D eigenvalue weighted by Crippen LogP contribution is 2.23. The lowest BCUT2D eigenvalue weighted by Crippen LogP contribution is -2.39. The largest absolute Gasteiger partial charge is 0.396 e. The van der Waals surface area contributed by atoms with E-state index in [0.29, 0.717) is 18.0 Å². The Morgan fingerprint density at radius 1 is 1.15 bits per heavy atom. The molecule has 20 heavy (non-hydrogen) atoms. The Morgan fingerprint density at radius 2 is 1.80 bits per heavy atom. The zero-order valence-electron chi connectivity index (χ0n) is 13.3. The summed E-state index contributed by atoms with van der Waals surface area (Å²) in [6.45, 7) is 9.01. The SMILES string of the molecule is CNC(c1ccccc1)C(C)CN(CCCO)C(C)C. The first-order valence-electron chi connectivity index (χ1n) is 7.67. The second-order valence-electron chi connectivity index (χ2n) is 5.82. The fourth-order valence-electron chi connectivity index (χ4n) is 2.75. The summed E-state index contributed by atoms with van der Waals surface area (Å²) in [5.41, 5.74) is 1.34. The van der Waals surface area contributed by atoms with Crippen LogP contribution in [0.3, 0.4) is 0 Å². The van der Waals surface area contributed by atoms with Crippen molar-refractivity contribution in [3.05, 3.63) is 35.9 Å². The third-order valence-electron chi connectivity index (χ3n) is 3.89. The Bertz CT molecular complexity index is 353. The molecule has 0 amide bonds. The molecule has 1 rings (SSSR count). The van der Waals surface area contributed by atoms with Crippen LogP contribution in [0.2, 0.25) is 0 Å². The first-order valence-corrected chi connectivity index (χ1v) is 7.67. The first-order chi connectivity index (χ1) is 9.60. The van der Waals surface area contributed by atoms with Gasteiger partial charge in [0, 0.05) is 31.8 Å². The molecule has 0 aliphatic rings. The van der Waals surface area contributed by atoms with Crippen LogP contribution in [0, 0.1) is 5.92 Å². The number of aliphatic hydroxyl groups excluding tert-OH is 1. The molecule has 0 fully saturated rings. The van der Waals surface area contributed by atoms with Crippen LogP contribution in [-0.4, -0.2) is 42.8 Å². The Morgan fingerprint density at radius 3 is 2.30 bits per heavy atom. The number of hydrogen-bond donors (Lipinski definition) is 2. The van der Waals surface area contributed by atoms with Gasteiger partial charge in [-0.1, -0.05) is 37.3 Å². The van der Waals surface area contributed by atoms with E-state index in [4.69, 9.17) is 5.11 Å². The molecule has 114 valence electrons. The summed E-state index contributed by atoms with van der Waals surface area (Å²) in [4.78, 5) is 2.45. The average molecular weight is 278 g/mol. The minimum atomic E-state index is 0.270. The van der Waals surface area contributed by atoms with Crippen molar-refractivity contribution in [1.29, 1.82) is 0 Å². The summed E-state index contributed by atoms with van der Waals surface area (Å²) in [6.07, 6.45) is 0.848. The maximum Gasteiger partial charge on any atom is 0.0443 e. The zero-order chi connectivity index (χ0) is 15.0. The molecule has 1 aromatic carbocycles. The van der Waals surface area contributed by atoms with Crippen LogP contribution < -0.4 is 5.32 Å².